The molecular weight excluding hydrogens is 329 g/mol. The molecule has 0 saturated carbocycles. The van der Waals surface area contributed by atoms with Gasteiger partial charge in [0, 0.05) is 5.56 Å². The van der Waals surface area contributed by atoms with Crippen LogP contribution in [0.3, 0.4) is 0 Å². The Morgan fingerprint density at radius 3 is 2.50 bits per heavy atom. The van der Waals surface area contributed by atoms with Crippen LogP contribution in [0.2, 0.25) is 0 Å². The first-order valence-corrected chi connectivity index (χ1v) is 6.57. The van der Waals surface area contributed by atoms with Gasteiger partial charge in [-0.1, -0.05) is 0 Å². The maximum absolute atomic E-state index is 12.9. The molecule has 2 aromatic rings. The second kappa shape index (κ2) is 6.19. The summed E-state index contributed by atoms with van der Waals surface area (Å²) in [6.07, 6.45) is 0.0385. The van der Waals surface area contributed by atoms with Gasteiger partial charge in [-0.2, -0.15) is 0 Å². The number of halogens is 2. The minimum absolute atomic E-state index is 0.335. The molecule has 4 nitrogen and oxygen atoms in total. The van der Waals surface area contributed by atoms with E-state index in [1.807, 2.05) is 0 Å². The zero-order valence-corrected chi connectivity index (χ0v) is 12.5. The van der Waals surface area contributed by atoms with E-state index in [9.17, 15) is 9.50 Å². The van der Waals surface area contributed by atoms with Crippen LogP contribution < -0.4 is 9.47 Å². The number of aliphatic hydroxyl groups is 1. The number of rotatable bonds is 4. The molecule has 0 aliphatic heterocycles. The Morgan fingerprint density at radius 2 is 1.95 bits per heavy atom. The molecule has 0 fully saturated rings. The Balaban J connectivity index is 2.46. The van der Waals surface area contributed by atoms with Gasteiger partial charge >= 0.3 is 0 Å². The third kappa shape index (κ3) is 2.76. The number of ether oxygens (including phenoxy) is 2. The number of aliphatic hydroxyl groups excluding tert-OH is 1. The van der Waals surface area contributed by atoms with Crippen molar-refractivity contribution in [1.82, 2.24) is 4.98 Å². The van der Waals surface area contributed by atoms with Gasteiger partial charge in [-0.25, -0.2) is 4.39 Å². The molecule has 106 valence electrons. The number of hydrogen-bond acceptors (Lipinski definition) is 4. The smallest absolute Gasteiger partial charge is 0.143 e. The first-order chi connectivity index (χ1) is 9.58. The lowest BCUT2D eigenvalue weighted by molar-refractivity contribution is 0.209. The summed E-state index contributed by atoms with van der Waals surface area (Å²) in [7, 11) is 3.03. The number of aromatic nitrogens is 1. The summed E-state index contributed by atoms with van der Waals surface area (Å²) in [5.41, 5.74) is 0.848. The minimum atomic E-state index is -1.02. The predicted molar refractivity (Wildman–Crippen MR) is 75.5 cm³/mol. The zero-order chi connectivity index (χ0) is 14.7. The summed E-state index contributed by atoms with van der Waals surface area (Å²) in [6, 6.07) is 6.06. The Labute approximate surface area is 124 Å². The largest absolute Gasteiger partial charge is 0.495 e. The van der Waals surface area contributed by atoms with Gasteiger partial charge < -0.3 is 14.6 Å². The Kier molecular flexibility index (Phi) is 4.57. The van der Waals surface area contributed by atoms with E-state index in [2.05, 4.69) is 20.9 Å². The van der Waals surface area contributed by atoms with Crippen molar-refractivity contribution >= 4 is 15.9 Å². The molecule has 2 rings (SSSR count). The van der Waals surface area contributed by atoms with E-state index in [0.717, 1.165) is 6.20 Å². The van der Waals surface area contributed by atoms with Crippen molar-refractivity contribution in [3.63, 3.8) is 0 Å². The Bertz CT molecular complexity index is 604. The number of pyridine rings is 1. The molecule has 6 heteroatoms. The molecule has 0 amide bonds. The fourth-order valence-corrected chi connectivity index (χ4v) is 2.53. The number of methoxy groups -OCH3 is 2. The monoisotopic (exact) mass is 341 g/mol. The van der Waals surface area contributed by atoms with E-state index in [1.54, 1.807) is 12.1 Å². The van der Waals surface area contributed by atoms with Gasteiger partial charge in [0.1, 0.15) is 27.9 Å². The van der Waals surface area contributed by atoms with Crippen LogP contribution in [0.25, 0.3) is 0 Å². The second-order valence-corrected chi connectivity index (χ2v) is 4.80. The molecule has 1 N–H and O–H groups in total. The summed E-state index contributed by atoms with van der Waals surface area (Å²) in [6.45, 7) is 0. The molecule has 1 unspecified atom stereocenters. The molecule has 1 aromatic carbocycles. The zero-order valence-electron chi connectivity index (χ0n) is 10.9. The van der Waals surface area contributed by atoms with Gasteiger partial charge in [0.25, 0.3) is 0 Å². The van der Waals surface area contributed by atoms with E-state index >= 15 is 0 Å². The lowest BCUT2D eigenvalue weighted by atomic mass is 10.0. The van der Waals surface area contributed by atoms with Crippen LogP contribution in [0.15, 0.2) is 34.9 Å². The molecular formula is C14H13BrFNO3. The molecule has 0 radical (unpaired) electrons. The number of benzene rings is 1. The molecule has 1 aromatic heterocycles. The van der Waals surface area contributed by atoms with E-state index in [0.29, 0.717) is 27.2 Å². The van der Waals surface area contributed by atoms with Crippen LogP contribution in [0.1, 0.15) is 17.4 Å². The summed E-state index contributed by atoms with van der Waals surface area (Å²) in [5, 5.41) is 10.4. The summed E-state index contributed by atoms with van der Waals surface area (Å²) in [5.74, 6) is 0.580. The van der Waals surface area contributed by atoms with Crippen molar-refractivity contribution < 1.29 is 19.0 Å². The maximum Gasteiger partial charge on any atom is 0.143 e. The highest BCUT2D eigenvalue weighted by molar-refractivity contribution is 9.10. The first-order valence-electron chi connectivity index (χ1n) is 5.78. The molecule has 0 spiro atoms. The highest BCUT2D eigenvalue weighted by Gasteiger charge is 2.21. The third-order valence-corrected chi connectivity index (χ3v) is 3.59. The highest BCUT2D eigenvalue weighted by atomic mass is 79.9. The second-order valence-electron chi connectivity index (χ2n) is 4.01. The number of nitrogens with zero attached hydrogens (tertiary/aromatic N) is 1. The summed E-state index contributed by atoms with van der Waals surface area (Å²) >= 11 is 3.36. The number of hydrogen-bond donors (Lipinski definition) is 1. The van der Waals surface area contributed by atoms with Crippen molar-refractivity contribution in [3.8, 4) is 11.5 Å². The van der Waals surface area contributed by atoms with Crippen LogP contribution in [-0.2, 0) is 0 Å². The lowest BCUT2D eigenvalue weighted by Crippen LogP contribution is -2.05. The quantitative estimate of drug-likeness (QED) is 0.928. The molecule has 0 saturated heterocycles. The normalized spacial score (nSPS) is 12.1. The first kappa shape index (κ1) is 14.7. The van der Waals surface area contributed by atoms with Crippen molar-refractivity contribution in [2.75, 3.05) is 14.2 Å². The highest BCUT2D eigenvalue weighted by Crippen LogP contribution is 2.40. The van der Waals surface area contributed by atoms with E-state index in [1.165, 1.54) is 26.4 Å². The molecule has 1 heterocycles. The molecule has 0 bridgehead atoms. The minimum Gasteiger partial charge on any atom is -0.495 e. The third-order valence-electron chi connectivity index (χ3n) is 2.84. The van der Waals surface area contributed by atoms with Gasteiger partial charge in [-0.05, 0) is 40.2 Å². The predicted octanol–water partition coefficient (Wildman–Crippen LogP) is 3.08. The van der Waals surface area contributed by atoms with E-state index in [-0.39, 0.29) is 0 Å². The Morgan fingerprint density at radius 1 is 1.20 bits per heavy atom. The van der Waals surface area contributed by atoms with Crippen LogP contribution >= 0.6 is 15.9 Å². The van der Waals surface area contributed by atoms with Gasteiger partial charge in [0.15, 0.2) is 0 Å². The van der Waals surface area contributed by atoms with Crippen molar-refractivity contribution in [1.29, 1.82) is 0 Å². The maximum atomic E-state index is 12.9. The standard InChI is InChI=1S/C14H13BrFNO3/c1-19-11-6-4-9(14(20-2)12(11)15)13(18)10-5-3-8(16)7-17-10/h3-7,13,18H,1-2H3. The fraction of sp³-hybridized carbons (Fsp3) is 0.214. The molecule has 1 atom stereocenters. The SMILES string of the molecule is COc1ccc(C(O)c2ccc(F)cn2)c(OC)c1Br. The fourth-order valence-electron chi connectivity index (χ4n) is 1.84. The van der Waals surface area contributed by atoms with Gasteiger partial charge in [0.2, 0.25) is 0 Å². The van der Waals surface area contributed by atoms with Crippen LogP contribution in [-0.4, -0.2) is 24.3 Å². The van der Waals surface area contributed by atoms with E-state index in [4.69, 9.17) is 9.47 Å². The molecule has 20 heavy (non-hydrogen) atoms. The summed E-state index contributed by atoms with van der Waals surface area (Å²) in [4.78, 5) is 3.88. The van der Waals surface area contributed by atoms with Gasteiger partial charge in [-0.15, -0.1) is 0 Å². The van der Waals surface area contributed by atoms with Crippen LogP contribution in [0, 0.1) is 5.82 Å². The van der Waals surface area contributed by atoms with Crippen molar-refractivity contribution in [3.05, 3.63) is 52.0 Å². The van der Waals surface area contributed by atoms with Crippen LogP contribution in [0.4, 0.5) is 4.39 Å². The topological polar surface area (TPSA) is 51.6 Å². The average Bonchev–Trinajstić information content (AvgIpc) is 2.47. The molecule has 0 aliphatic carbocycles. The molecule has 0 aliphatic rings. The van der Waals surface area contributed by atoms with Crippen molar-refractivity contribution in [2.24, 2.45) is 0 Å². The van der Waals surface area contributed by atoms with Crippen LogP contribution in [0.5, 0.6) is 11.5 Å². The Hall–Kier alpha value is -1.66. The van der Waals surface area contributed by atoms with Gasteiger partial charge in [0.05, 0.1) is 26.1 Å². The van der Waals surface area contributed by atoms with Crippen molar-refractivity contribution in [2.45, 2.75) is 6.10 Å². The van der Waals surface area contributed by atoms with E-state index < -0.39 is 11.9 Å². The average molecular weight is 342 g/mol. The van der Waals surface area contributed by atoms with Gasteiger partial charge in [-0.3, -0.25) is 4.98 Å². The summed E-state index contributed by atoms with van der Waals surface area (Å²) < 4.78 is 23.9. The lowest BCUT2D eigenvalue weighted by Gasteiger charge is -2.17.